The van der Waals surface area contributed by atoms with Crippen molar-refractivity contribution in [2.45, 2.75) is 25.7 Å². The van der Waals surface area contributed by atoms with E-state index < -0.39 is 0 Å². The van der Waals surface area contributed by atoms with E-state index >= 15 is 0 Å². The van der Waals surface area contributed by atoms with Crippen molar-refractivity contribution >= 4 is 40.1 Å². The highest BCUT2D eigenvalue weighted by Crippen LogP contribution is 2.32. The second-order valence-corrected chi connectivity index (χ2v) is 9.14. The SMILES string of the molecule is O=C(CNc1[nH]c(=O)n(-c2ccc3nc[nH]c3c2)c1C1=CCCCC1)N1CCSCC1. The van der Waals surface area contributed by atoms with Gasteiger partial charge in [0, 0.05) is 24.6 Å². The molecular weight excluding hydrogens is 412 g/mol. The van der Waals surface area contributed by atoms with Gasteiger partial charge in [0.2, 0.25) is 5.91 Å². The number of benzene rings is 1. The Kier molecular flexibility index (Phi) is 5.59. The van der Waals surface area contributed by atoms with E-state index in [9.17, 15) is 9.59 Å². The maximum Gasteiger partial charge on any atom is 0.332 e. The smallest absolute Gasteiger partial charge is 0.332 e. The zero-order chi connectivity index (χ0) is 21.2. The van der Waals surface area contributed by atoms with Crippen molar-refractivity contribution in [3.05, 3.63) is 46.8 Å². The largest absolute Gasteiger partial charge is 0.361 e. The number of rotatable bonds is 5. The van der Waals surface area contributed by atoms with Crippen molar-refractivity contribution in [3.8, 4) is 5.69 Å². The van der Waals surface area contributed by atoms with Crippen LogP contribution in [0.15, 0.2) is 35.4 Å². The minimum atomic E-state index is -0.218. The molecular formula is C22H26N6O2S. The van der Waals surface area contributed by atoms with Gasteiger partial charge in [-0.2, -0.15) is 11.8 Å². The molecule has 3 heterocycles. The Labute approximate surface area is 184 Å². The lowest BCUT2D eigenvalue weighted by Gasteiger charge is -2.26. The standard InChI is InChI=1S/C22H26N6O2S/c29-19(27-8-10-31-11-9-27)13-23-21-20(15-4-2-1-3-5-15)28(22(30)26-21)16-6-7-17-18(12-16)25-14-24-17/h4,6-7,12,14,23H,1-3,5,8-11,13H2,(H,24,25)(H,26,30). The molecule has 31 heavy (non-hydrogen) atoms. The number of anilines is 1. The van der Waals surface area contributed by atoms with Crippen LogP contribution in [0, 0.1) is 0 Å². The zero-order valence-corrected chi connectivity index (χ0v) is 18.1. The number of imidazole rings is 2. The number of aromatic amines is 2. The molecule has 0 bridgehead atoms. The Hall–Kier alpha value is -2.94. The predicted octanol–water partition coefficient (Wildman–Crippen LogP) is 2.99. The number of hydrogen-bond donors (Lipinski definition) is 3. The van der Waals surface area contributed by atoms with Crippen LogP contribution in [0.25, 0.3) is 22.3 Å². The minimum absolute atomic E-state index is 0.0661. The summed E-state index contributed by atoms with van der Waals surface area (Å²) < 4.78 is 1.71. The first-order valence-corrected chi connectivity index (χ1v) is 11.9. The van der Waals surface area contributed by atoms with Crippen LogP contribution >= 0.6 is 11.8 Å². The fourth-order valence-electron chi connectivity index (χ4n) is 4.32. The quantitative estimate of drug-likeness (QED) is 0.569. The molecule has 162 valence electrons. The van der Waals surface area contributed by atoms with Crippen molar-refractivity contribution in [1.82, 2.24) is 24.4 Å². The normalized spacial score (nSPS) is 17.0. The Morgan fingerprint density at radius 3 is 2.90 bits per heavy atom. The highest BCUT2D eigenvalue weighted by Gasteiger charge is 2.22. The third-order valence-corrected chi connectivity index (χ3v) is 6.88. The van der Waals surface area contributed by atoms with Crippen molar-refractivity contribution in [1.29, 1.82) is 0 Å². The molecule has 2 aliphatic rings. The first kappa shape index (κ1) is 20.0. The Morgan fingerprint density at radius 1 is 1.23 bits per heavy atom. The van der Waals surface area contributed by atoms with Crippen molar-refractivity contribution in [2.75, 3.05) is 36.5 Å². The van der Waals surface area contributed by atoms with E-state index in [2.05, 4.69) is 26.3 Å². The van der Waals surface area contributed by atoms with Crippen LogP contribution in [0.1, 0.15) is 31.4 Å². The van der Waals surface area contributed by atoms with Crippen LogP contribution in [-0.4, -0.2) is 61.5 Å². The maximum atomic E-state index is 13.0. The summed E-state index contributed by atoms with van der Waals surface area (Å²) >= 11 is 1.88. The molecule has 1 amide bonds. The molecule has 1 aliphatic heterocycles. The average Bonchev–Trinajstić information content (AvgIpc) is 3.41. The molecule has 1 aromatic carbocycles. The molecule has 1 saturated heterocycles. The van der Waals surface area contributed by atoms with Crippen LogP contribution in [-0.2, 0) is 4.79 Å². The van der Waals surface area contributed by atoms with Gasteiger partial charge in [0.05, 0.1) is 35.3 Å². The van der Waals surface area contributed by atoms with E-state index in [1.807, 2.05) is 34.9 Å². The van der Waals surface area contributed by atoms with Gasteiger partial charge < -0.3 is 15.2 Å². The van der Waals surface area contributed by atoms with Crippen molar-refractivity contribution < 1.29 is 4.79 Å². The first-order chi connectivity index (χ1) is 15.2. The molecule has 3 N–H and O–H groups in total. The van der Waals surface area contributed by atoms with Gasteiger partial charge in [-0.05, 0) is 49.5 Å². The van der Waals surface area contributed by atoms with Crippen molar-refractivity contribution in [2.24, 2.45) is 0 Å². The fourth-order valence-corrected chi connectivity index (χ4v) is 5.22. The number of carbonyl (C=O) groups is 1. The fraction of sp³-hybridized carbons (Fsp3) is 0.409. The summed E-state index contributed by atoms with van der Waals surface area (Å²) in [5.41, 5.74) is 4.25. The number of amides is 1. The van der Waals surface area contributed by atoms with Crippen LogP contribution in [0.4, 0.5) is 5.82 Å². The first-order valence-electron chi connectivity index (χ1n) is 10.8. The monoisotopic (exact) mass is 438 g/mol. The molecule has 9 heteroatoms. The molecule has 1 fully saturated rings. The third kappa shape index (κ3) is 4.01. The Morgan fingerprint density at radius 2 is 2.10 bits per heavy atom. The highest BCUT2D eigenvalue weighted by molar-refractivity contribution is 7.99. The van der Waals surface area contributed by atoms with Gasteiger partial charge in [-0.3, -0.25) is 14.3 Å². The van der Waals surface area contributed by atoms with Gasteiger partial charge in [-0.15, -0.1) is 0 Å². The molecule has 1 aliphatic carbocycles. The number of nitrogens with zero attached hydrogens (tertiary/aromatic N) is 3. The van der Waals surface area contributed by atoms with Gasteiger partial charge >= 0.3 is 5.69 Å². The minimum Gasteiger partial charge on any atom is -0.361 e. The number of thioether (sulfide) groups is 1. The molecule has 8 nitrogen and oxygen atoms in total. The van der Waals surface area contributed by atoms with E-state index in [0.717, 1.165) is 78.3 Å². The summed E-state index contributed by atoms with van der Waals surface area (Å²) in [7, 11) is 0. The average molecular weight is 439 g/mol. The second-order valence-electron chi connectivity index (χ2n) is 7.92. The summed E-state index contributed by atoms with van der Waals surface area (Å²) in [4.78, 5) is 37.9. The number of carbonyl (C=O) groups excluding carboxylic acids is 1. The lowest BCUT2D eigenvalue weighted by Crippen LogP contribution is -2.41. The topological polar surface area (TPSA) is 98.8 Å². The van der Waals surface area contributed by atoms with Gasteiger partial charge in [0.1, 0.15) is 5.82 Å². The van der Waals surface area contributed by atoms with E-state index in [1.54, 1.807) is 10.9 Å². The predicted molar refractivity (Wildman–Crippen MR) is 125 cm³/mol. The van der Waals surface area contributed by atoms with Gasteiger partial charge in [-0.1, -0.05) is 6.08 Å². The third-order valence-electron chi connectivity index (χ3n) is 5.93. The van der Waals surface area contributed by atoms with E-state index in [-0.39, 0.29) is 18.1 Å². The molecule has 3 aromatic rings. The number of fused-ring (bicyclic) bond motifs is 1. The molecule has 0 radical (unpaired) electrons. The van der Waals surface area contributed by atoms with Gasteiger partial charge in [-0.25, -0.2) is 9.78 Å². The lowest BCUT2D eigenvalue weighted by atomic mass is 9.96. The second kappa shape index (κ2) is 8.66. The summed E-state index contributed by atoms with van der Waals surface area (Å²) in [6.45, 7) is 1.74. The van der Waals surface area contributed by atoms with Crippen LogP contribution in [0.3, 0.4) is 0 Å². The van der Waals surface area contributed by atoms with Crippen LogP contribution < -0.4 is 11.0 Å². The van der Waals surface area contributed by atoms with E-state index in [0.29, 0.717) is 5.82 Å². The molecule has 0 spiro atoms. The number of aromatic nitrogens is 4. The number of H-pyrrole nitrogens is 2. The van der Waals surface area contributed by atoms with E-state index in [1.165, 1.54) is 0 Å². The summed E-state index contributed by atoms with van der Waals surface area (Å²) in [5, 5.41) is 3.24. The summed E-state index contributed by atoms with van der Waals surface area (Å²) in [6, 6.07) is 5.75. The Balaban J connectivity index is 1.50. The summed E-state index contributed by atoms with van der Waals surface area (Å²) in [6.07, 6.45) is 8.03. The zero-order valence-electron chi connectivity index (χ0n) is 17.3. The number of nitrogens with one attached hydrogen (secondary N) is 3. The molecule has 0 unspecified atom stereocenters. The molecule has 5 rings (SSSR count). The van der Waals surface area contributed by atoms with E-state index in [4.69, 9.17) is 0 Å². The van der Waals surface area contributed by atoms with Crippen LogP contribution in [0.2, 0.25) is 0 Å². The molecule has 0 saturated carbocycles. The lowest BCUT2D eigenvalue weighted by molar-refractivity contribution is -0.128. The molecule has 0 atom stereocenters. The van der Waals surface area contributed by atoms with Gasteiger partial charge in [0.25, 0.3) is 0 Å². The Bertz CT molecular complexity index is 1180. The van der Waals surface area contributed by atoms with Crippen molar-refractivity contribution in [3.63, 3.8) is 0 Å². The van der Waals surface area contributed by atoms with Crippen LogP contribution in [0.5, 0.6) is 0 Å². The maximum absolute atomic E-state index is 13.0. The number of allylic oxidation sites excluding steroid dienone is 2. The van der Waals surface area contributed by atoms with Gasteiger partial charge in [0.15, 0.2) is 0 Å². The number of hydrogen-bond acceptors (Lipinski definition) is 5. The molecule has 2 aromatic heterocycles. The summed E-state index contributed by atoms with van der Waals surface area (Å²) in [5.74, 6) is 2.64. The highest BCUT2D eigenvalue weighted by atomic mass is 32.2.